The lowest BCUT2D eigenvalue weighted by Gasteiger charge is -2.03. The molecular formula is C13H12N2. The predicted molar refractivity (Wildman–Crippen MR) is 61.3 cm³/mol. The Morgan fingerprint density at radius 3 is 2.40 bits per heavy atom. The van der Waals surface area contributed by atoms with E-state index in [0.717, 1.165) is 11.1 Å². The molecule has 0 aliphatic heterocycles. The number of benzene rings is 1. The number of hydrogen-bond acceptors (Lipinski definition) is 2. The monoisotopic (exact) mass is 196 g/mol. The second-order valence-corrected chi connectivity index (χ2v) is 3.48. The summed E-state index contributed by atoms with van der Waals surface area (Å²) in [4.78, 5) is 4.01. The van der Waals surface area contributed by atoms with Crippen molar-refractivity contribution in [3.05, 3.63) is 65.5 Å². The first-order valence-corrected chi connectivity index (χ1v) is 4.83. The van der Waals surface area contributed by atoms with E-state index in [0.29, 0.717) is 5.71 Å². The molecule has 0 aliphatic carbocycles. The van der Waals surface area contributed by atoms with Crippen LogP contribution in [0.2, 0.25) is 0 Å². The van der Waals surface area contributed by atoms with Crippen molar-refractivity contribution >= 4 is 5.71 Å². The van der Waals surface area contributed by atoms with Gasteiger partial charge in [-0.25, -0.2) is 0 Å². The molecule has 2 heteroatoms. The summed E-state index contributed by atoms with van der Waals surface area (Å²) in [5, 5.41) is 8.00. The van der Waals surface area contributed by atoms with Crippen LogP contribution in [-0.4, -0.2) is 10.7 Å². The molecule has 0 amide bonds. The maximum Gasteiger partial charge on any atom is 0.0700 e. The van der Waals surface area contributed by atoms with Gasteiger partial charge in [0.2, 0.25) is 0 Å². The summed E-state index contributed by atoms with van der Waals surface area (Å²) < 4.78 is 0. The zero-order chi connectivity index (χ0) is 10.7. The molecular weight excluding hydrogens is 184 g/mol. The summed E-state index contributed by atoms with van der Waals surface area (Å²) in [6.07, 6.45) is 3.42. The predicted octanol–water partition coefficient (Wildman–Crippen LogP) is 2.81. The first kappa shape index (κ1) is 9.59. The fourth-order valence-corrected chi connectivity index (χ4v) is 1.40. The Hall–Kier alpha value is -1.96. The van der Waals surface area contributed by atoms with Crippen molar-refractivity contribution in [2.75, 3.05) is 0 Å². The minimum atomic E-state index is 0.517. The summed E-state index contributed by atoms with van der Waals surface area (Å²) in [7, 11) is 0. The van der Waals surface area contributed by atoms with E-state index in [1.54, 1.807) is 12.4 Å². The quantitative estimate of drug-likeness (QED) is 0.737. The van der Waals surface area contributed by atoms with Gasteiger partial charge in [-0.2, -0.15) is 0 Å². The molecule has 0 unspecified atom stereocenters. The van der Waals surface area contributed by atoms with Gasteiger partial charge in [0.25, 0.3) is 0 Å². The fraction of sp³-hybridized carbons (Fsp3) is 0.0769. The second kappa shape index (κ2) is 4.05. The molecule has 0 saturated heterocycles. The standard InChI is InChI=1S/C13H12N2/c1-10-4-6-11(7-5-10)13(14)12-3-2-8-15-9-12/h2-9,14H,1H3. The van der Waals surface area contributed by atoms with Crippen molar-refractivity contribution in [3.8, 4) is 0 Å². The molecule has 1 N–H and O–H groups in total. The van der Waals surface area contributed by atoms with E-state index >= 15 is 0 Å². The third kappa shape index (κ3) is 2.10. The first-order valence-electron chi connectivity index (χ1n) is 4.83. The van der Waals surface area contributed by atoms with Crippen LogP contribution in [0.25, 0.3) is 0 Å². The van der Waals surface area contributed by atoms with Crippen molar-refractivity contribution in [2.45, 2.75) is 6.92 Å². The second-order valence-electron chi connectivity index (χ2n) is 3.48. The Bertz CT molecular complexity index is 458. The third-order valence-electron chi connectivity index (χ3n) is 2.29. The van der Waals surface area contributed by atoms with Crippen molar-refractivity contribution in [1.29, 1.82) is 5.41 Å². The summed E-state index contributed by atoms with van der Waals surface area (Å²) >= 11 is 0. The summed E-state index contributed by atoms with van der Waals surface area (Å²) in [6, 6.07) is 11.7. The average molecular weight is 196 g/mol. The smallest absolute Gasteiger partial charge is 0.0700 e. The Morgan fingerprint density at radius 1 is 1.07 bits per heavy atom. The zero-order valence-electron chi connectivity index (χ0n) is 8.57. The van der Waals surface area contributed by atoms with E-state index < -0.39 is 0 Å². The van der Waals surface area contributed by atoms with Crippen LogP contribution in [0.1, 0.15) is 16.7 Å². The van der Waals surface area contributed by atoms with Crippen LogP contribution in [0.15, 0.2) is 48.8 Å². The van der Waals surface area contributed by atoms with Gasteiger partial charge in [-0.3, -0.25) is 10.4 Å². The number of rotatable bonds is 2. The maximum atomic E-state index is 8.00. The van der Waals surface area contributed by atoms with Crippen LogP contribution in [0.4, 0.5) is 0 Å². The molecule has 0 radical (unpaired) electrons. The number of aryl methyl sites for hydroxylation is 1. The van der Waals surface area contributed by atoms with Crippen LogP contribution < -0.4 is 0 Å². The summed E-state index contributed by atoms with van der Waals surface area (Å²) in [6.45, 7) is 2.04. The molecule has 0 spiro atoms. The van der Waals surface area contributed by atoms with E-state index in [1.807, 2.05) is 43.3 Å². The lowest BCUT2D eigenvalue weighted by atomic mass is 10.0. The van der Waals surface area contributed by atoms with Crippen molar-refractivity contribution in [1.82, 2.24) is 4.98 Å². The normalized spacial score (nSPS) is 9.93. The van der Waals surface area contributed by atoms with E-state index in [4.69, 9.17) is 5.41 Å². The van der Waals surface area contributed by atoms with Gasteiger partial charge in [-0.1, -0.05) is 29.8 Å². The number of nitrogens with one attached hydrogen (secondary N) is 1. The molecule has 1 aromatic heterocycles. The minimum absolute atomic E-state index is 0.517. The van der Waals surface area contributed by atoms with Crippen molar-refractivity contribution < 1.29 is 0 Å². The molecule has 2 aromatic rings. The zero-order valence-corrected chi connectivity index (χ0v) is 8.57. The van der Waals surface area contributed by atoms with E-state index in [-0.39, 0.29) is 0 Å². The van der Waals surface area contributed by atoms with Gasteiger partial charge >= 0.3 is 0 Å². The van der Waals surface area contributed by atoms with Gasteiger partial charge in [-0.05, 0) is 19.1 Å². The van der Waals surface area contributed by atoms with E-state index in [2.05, 4.69) is 4.98 Å². The fourth-order valence-electron chi connectivity index (χ4n) is 1.40. The maximum absolute atomic E-state index is 8.00. The Morgan fingerprint density at radius 2 is 1.80 bits per heavy atom. The lowest BCUT2D eigenvalue weighted by Crippen LogP contribution is -2.01. The van der Waals surface area contributed by atoms with Gasteiger partial charge in [-0.15, -0.1) is 0 Å². The van der Waals surface area contributed by atoms with Crippen molar-refractivity contribution in [2.24, 2.45) is 0 Å². The molecule has 1 heterocycles. The molecule has 0 fully saturated rings. The topological polar surface area (TPSA) is 36.7 Å². The van der Waals surface area contributed by atoms with Crippen molar-refractivity contribution in [3.63, 3.8) is 0 Å². The van der Waals surface area contributed by atoms with Gasteiger partial charge in [0.1, 0.15) is 0 Å². The summed E-state index contributed by atoms with van der Waals surface area (Å²) in [5.74, 6) is 0. The van der Waals surface area contributed by atoms with Gasteiger partial charge in [0.05, 0.1) is 5.71 Å². The third-order valence-corrected chi connectivity index (χ3v) is 2.29. The highest BCUT2D eigenvalue weighted by molar-refractivity contribution is 6.10. The highest BCUT2D eigenvalue weighted by Gasteiger charge is 2.03. The molecule has 2 rings (SSSR count). The van der Waals surface area contributed by atoms with Crippen LogP contribution in [0, 0.1) is 12.3 Å². The molecule has 15 heavy (non-hydrogen) atoms. The average Bonchev–Trinajstić information content (AvgIpc) is 2.30. The minimum Gasteiger partial charge on any atom is -0.300 e. The van der Waals surface area contributed by atoms with Crippen LogP contribution >= 0.6 is 0 Å². The molecule has 2 nitrogen and oxygen atoms in total. The van der Waals surface area contributed by atoms with Gasteiger partial charge in [0, 0.05) is 23.5 Å². The SMILES string of the molecule is Cc1ccc(C(=N)c2cccnc2)cc1. The highest BCUT2D eigenvalue weighted by Crippen LogP contribution is 2.09. The largest absolute Gasteiger partial charge is 0.300 e. The number of hydrogen-bond donors (Lipinski definition) is 1. The molecule has 0 bridgehead atoms. The van der Waals surface area contributed by atoms with E-state index in [1.165, 1.54) is 5.56 Å². The highest BCUT2D eigenvalue weighted by atomic mass is 14.6. The van der Waals surface area contributed by atoms with E-state index in [9.17, 15) is 0 Å². The summed E-state index contributed by atoms with van der Waals surface area (Å²) in [5.41, 5.74) is 3.50. The van der Waals surface area contributed by atoms with Crippen LogP contribution in [0.3, 0.4) is 0 Å². The van der Waals surface area contributed by atoms with Crippen LogP contribution in [-0.2, 0) is 0 Å². The molecule has 0 saturated carbocycles. The molecule has 1 aromatic carbocycles. The molecule has 0 aliphatic rings. The lowest BCUT2D eigenvalue weighted by molar-refractivity contribution is 1.30. The number of aromatic nitrogens is 1. The first-order chi connectivity index (χ1) is 7.27. The Balaban J connectivity index is 2.33. The van der Waals surface area contributed by atoms with Gasteiger partial charge < -0.3 is 0 Å². The molecule has 0 atom stereocenters. The Kier molecular flexibility index (Phi) is 2.59. The Labute approximate surface area is 89.1 Å². The van der Waals surface area contributed by atoms with Gasteiger partial charge in [0.15, 0.2) is 0 Å². The number of pyridine rings is 1. The number of nitrogens with zero attached hydrogens (tertiary/aromatic N) is 1. The van der Waals surface area contributed by atoms with Crippen LogP contribution in [0.5, 0.6) is 0 Å². The molecule has 74 valence electrons.